The molecule has 0 saturated carbocycles. The number of rotatable bonds is 1. The molecule has 10 heteroatoms. The molecule has 5 aliphatic rings. The number of carbonyl (C=O) groups is 1. The van der Waals surface area contributed by atoms with Crippen LogP contribution in [0.2, 0.25) is 0 Å². The minimum absolute atomic E-state index is 0.0770. The van der Waals surface area contributed by atoms with Crippen LogP contribution in [0.4, 0.5) is 8.78 Å². The van der Waals surface area contributed by atoms with Gasteiger partial charge in [0.25, 0.3) is 5.91 Å². The van der Waals surface area contributed by atoms with E-state index in [4.69, 9.17) is 4.74 Å². The second-order valence-corrected chi connectivity index (χ2v) is 12.1. The molecule has 2 bridgehead atoms. The number of benzene rings is 2. The Kier molecular flexibility index (Phi) is 4.87. The molecule has 1 spiro atoms. The van der Waals surface area contributed by atoms with E-state index in [2.05, 4.69) is 0 Å². The lowest BCUT2D eigenvalue weighted by molar-refractivity contribution is -0.0757. The topological polar surface area (TPSA) is 75.0 Å². The molecule has 200 valence electrons. The Morgan fingerprint density at radius 1 is 1.05 bits per heavy atom. The number of piperidine rings is 1. The maximum absolute atomic E-state index is 15.9. The van der Waals surface area contributed by atoms with Crippen molar-refractivity contribution in [2.45, 2.75) is 60.2 Å². The molecule has 3 aromatic rings. The van der Waals surface area contributed by atoms with Crippen molar-refractivity contribution < 1.29 is 23.4 Å². The first-order chi connectivity index (χ1) is 18.9. The Balaban J connectivity index is 1.45. The molecule has 3 saturated heterocycles. The van der Waals surface area contributed by atoms with Gasteiger partial charge >= 0.3 is 0 Å². The summed E-state index contributed by atoms with van der Waals surface area (Å²) < 4.78 is 39.3. The number of ether oxygens (including phenoxy) is 1. The summed E-state index contributed by atoms with van der Waals surface area (Å²) in [7, 11) is 0. The molecule has 1 aromatic heterocycles. The van der Waals surface area contributed by atoms with Gasteiger partial charge in [-0.2, -0.15) is 0 Å². The molecular weight excluding hydrogens is 524 g/mol. The van der Waals surface area contributed by atoms with Gasteiger partial charge in [0, 0.05) is 40.9 Å². The largest absolute Gasteiger partial charge is 0.502 e. The second kappa shape index (κ2) is 8.08. The van der Waals surface area contributed by atoms with Gasteiger partial charge in [0.1, 0.15) is 23.8 Å². The summed E-state index contributed by atoms with van der Waals surface area (Å²) >= 11 is 1.32. The van der Waals surface area contributed by atoms with Gasteiger partial charge in [0.05, 0.1) is 11.7 Å². The molecule has 39 heavy (non-hydrogen) atoms. The molecule has 5 atom stereocenters. The van der Waals surface area contributed by atoms with Crippen molar-refractivity contribution in [1.29, 1.82) is 0 Å². The minimum atomic E-state index is -0.836. The second-order valence-electron chi connectivity index (χ2n) is 11.1. The highest BCUT2D eigenvalue weighted by Crippen LogP contribution is 2.57. The van der Waals surface area contributed by atoms with E-state index in [0.717, 1.165) is 24.8 Å². The Morgan fingerprint density at radius 2 is 1.87 bits per heavy atom. The van der Waals surface area contributed by atoms with Crippen molar-refractivity contribution in [3.63, 3.8) is 0 Å². The summed E-state index contributed by atoms with van der Waals surface area (Å²) in [6.45, 7) is 0.368. The summed E-state index contributed by atoms with van der Waals surface area (Å²) in [5.74, 6) is -1.62. The van der Waals surface area contributed by atoms with Gasteiger partial charge in [-0.15, -0.1) is 11.8 Å². The van der Waals surface area contributed by atoms with Crippen LogP contribution in [0.5, 0.6) is 5.75 Å². The van der Waals surface area contributed by atoms with Crippen LogP contribution < -0.4 is 10.4 Å². The quantitative estimate of drug-likeness (QED) is 0.488. The molecule has 1 amide bonds. The van der Waals surface area contributed by atoms with E-state index < -0.39 is 46.5 Å². The summed E-state index contributed by atoms with van der Waals surface area (Å²) in [4.78, 5) is 28.6. The normalized spacial score (nSPS) is 30.3. The molecule has 6 heterocycles. The molecule has 5 aliphatic heterocycles. The van der Waals surface area contributed by atoms with Gasteiger partial charge in [-0.25, -0.2) is 8.78 Å². The highest BCUT2D eigenvalue weighted by Gasteiger charge is 2.63. The zero-order valence-corrected chi connectivity index (χ0v) is 21.7. The SMILES string of the molecule is O=C1c2c(O)c(=O)ccn2N([C@H]2c3cccc(F)c3SCc3cccc(F)c32)[C@@H]2[C@H]3C[C@@H]4CC[C@@]3(CCN12)O4. The average molecular weight is 550 g/mol. The van der Waals surface area contributed by atoms with Crippen LogP contribution in [-0.4, -0.2) is 45.0 Å². The fourth-order valence-electron chi connectivity index (χ4n) is 7.70. The van der Waals surface area contributed by atoms with E-state index in [1.54, 1.807) is 23.1 Å². The molecule has 2 aromatic carbocycles. The minimum Gasteiger partial charge on any atom is -0.502 e. The van der Waals surface area contributed by atoms with Crippen LogP contribution in [0, 0.1) is 17.6 Å². The summed E-state index contributed by atoms with van der Waals surface area (Å²) in [6.07, 6.45) is 4.25. The van der Waals surface area contributed by atoms with Crippen molar-refractivity contribution in [3.05, 3.63) is 92.9 Å². The first-order valence-electron chi connectivity index (χ1n) is 13.3. The number of pyridine rings is 1. The fourth-order valence-corrected chi connectivity index (χ4v) is 8.80. The highest BCUT2D eigenvalue weighted by molar-refractivity contribution is 7.98. The third-order valence-corrected chi connectivity index (χ3v) is 10.5. The number of hydrogen-bond donors (Lipinski definition) is 1. The zero-order chi connectivity index (χ0) is 26.6. The van der Waals surface area contributed by atoms with Crippen LogP contribution in [-0.2, 0) is 10.5 Å². The van der Waals surface area contributed by atoms with E-state index >= 15 is 8.78 Å². The molecule has 8 rings (SSSR count). The smallest absolute Gasteiger partial charge is 0.278 e. The highest BCUT2D eigenvalue weighted by atomic mass is 32.2. The number of amides is 1. The number of aromatic nitrogens is 1. The van der Waals surface area contributed by atoms with Gasteiger partial charge in [-0.3, -0.25) is 19.3 Å². The lowest BCUT2D eigenvalue weighted by Crippen LogP contribution is -2.70. The van der Waals surface area contributed by atoms with Gasteiger partial charge < -0.3 is 14.7 Å². The number of thioether (sulfide) groups is 1. The van der Waals surface area contributed by atoms with Crippen molar-refractivity contribution in [2.24, 2.45) is 5.92 Å². The van der Waals surface area contributed by atoms with Crippen LogP contribution in [0.15, 0.2) is 58.4 Å². The van der Waals surface area contributed by atoms with Crippen LogP contribution in [0.3, 0.4) is 0 Å². The van der Waals surface area contributed by atoms with E-state index in [-0.39, 0.29) is 17.7 Å². The van der Waals surface area contributed by atoms with Crippen molar-refractivity contribution >= 4 is 17.7 Å². The maximum Gasteiger partial charge on any atom is 0.278 e. The van der Waals surface area contributed by atoms with Crippen molar-refractivity contribution in [2.75, 3.05) is 11.6 Å². The Morgan fingerprint density at radius 3 is 2.72 bits per heavy atom. The summed E-state index contributed by atoms with van der Waals surface area (Å²) in [6, 6.07) is 10.1. The fraction of sp³-hybridized carbons (Fsp3) is 0.379. The van der Waals surface area contributed by atoms with E-state index in [0.29, 0.717) is 34.7 Å². The van der Waals surface area contributed by atoms with Crippen molar-refractivity contribution in [3.8, 4) is 5.75 Å². The van der Waals surface area contributed by atoms with Gasteiger partial charge in [0.15, 0.2) is 11.4 Å². The van der Waals surface area contributed by atoms with Gasteiger partial charge in [-0.1, -0.05) is 24.3 Å². The van der Waals surface area contributed by atoms with E-state index in [1.807, 2.05) is 11.1 Å². The first kappa shape index (κ1) is 23.5. The predicted molar refractivity (Wildman–Crippen MR) is 139 cm³/mol. The molecule has 1 N–H and O–H groups in total. The average Bonchev–Trinajstić information content (AvgIpc) is 3.45. The standard InChI is InChI=1S/C29H25F2N3O4S/c30-19-5-1-3-15-14-39-26-17(4-2-6-20(26)31)23(22(15)19)34-27-18-13-16-7-9-29(18,38-16)10-12-32(27)28(37)24-25(36)21(35)8-11-33(24)34/h1-6,8,11,16,18,23,27,36H,7,9-10,12-14H2/t16-,18+,23-,27+,29-/m0/s1. The third-order valence-electron chi connectivity index (χ3n) is 9.32. The molecular formula is C29H25F2N3O4S. The van der Waals surface area contributed by atoms with E-state index in [1.165, 1.54) is 40.8 Å². The third kappa shape index (κ3) is 3.07. The number of halogens is 2. The lowest BCUT2D eigenvalue weighted by atomic mass is 9.71. The molecule has 0 radical (unpaired) electrons. The molecule has 7 nitrogen and oxygen atoms in total. The van der Waals surface area contributed by atoms with E-state index in [9.17, 15) is 14.7 Å². The van der Waals surface area contributed by atoms with Gasteiger partial charge in [-0.05, 0) is 48.9 Å². The molecule has 3 fully saturated rings. The first-order valence-corrected chi connectivity index (χ1v) is 14.3. The molecule has 0 aliphatic carbocycles. The Labute approximate surface area is 227 Å². The Bertz CT molecular complexity index is 1630. The van der Waals surface area contributed by atoms with Crippen LogP contribution in [0.25, 0.3) is 0 Å². The van der Waals surface area contributed by atoms with Crippen molar-refractivity contribution in [1.82, 2.24) is 9.58 Å². The Hall–Kier alpha value is -3.37. The summed E-state index contributed by atoms with van der Waals surface area (Å²) in [5, 5.41) is 12.8. The lowest BCUT2D eigenvalue weighted by Gasteiger charge is -2.57. The summed E-state index contributed by atoms with van der Waals surface area (Å²) in [5.41, 5.74) is 0.476. The number of fused-ring (bicyclic) bond motifs is 6. The van der Waals surface area contributed by atoms with Gasteiger partial charge in [0.2, 0.25) is 5.43 Å². The maximum atomic E-state index is 15.9. The monoisotopic (exact) mass is 549 g/mol. The van der Waals surface area contributed by atoms with Crippen LogP contribution in [0.1, 0.15) is 58.9 Å². The molecule has 0 unspecified atom stereocenters. The van der Waals surface area contributed by atoms with Crippen LogP contribution >= 0.6 is 11.8 Å². The number of aromatic hydroxyl groups is 1. The zero-order valence-electron chi connectivity index (χ0n) is 20.8. The number of carbonyl (C=O) groups excluding carboxylic acids is 1. The predicted octanol–water partition coefficient (Wildman–Crippen LogP) is 4.29. The number of nitrogens with zero attached hydrogens (tertiary/aromatic N) is 3. The number of hydrogen-bond acceptors (Lipinski definition) is 6.